The van der Waals surface area contributed by atoms with Gasteiger partial charge < -0.3 is 9.90 Å². The standard InChI is InChI=1S/C17H21FO2/c18-13-5-3-12(4-6-13)15-8-11-9-16(17(20)10-11)14(15)2-1-7-19/h3-7,11,14-17,20H,1-2,8-10H2. The maximum atomic E-state index is 13.1. The Kier molecular flexibility index (Phi) is 3.88. The van der Waals surface area contributed by atoms with E-state index in [9.17, 15) is 14.3 Å². The molecule has 0 heterocycles. The zero-order valence-electron chi connectivity index (χ0n) is 11.5. The van der Waals surface area contributed by atoms with E-state index >= 15 is 0 Å². The van der Waals surface area contributed by atoms with Crippen LogP contribution in [0.15, 0.2) is 24.3 Å². The van der Waals surface area contributed by atoms with Crippen molar-refractivity contribution in [2.75, 3.05) is 0 Å². The van der Waals surface area contributed by atoms with Crippen LogP contribution in [0.3, 0.4) is 0 Å². The van der Waals surface area contributed by atoms with Crippen LogP contribution in [0.4, 0.5) is 4.39 Å². The number of fused-ring (bicyclic) bond motifs is 2. The predicted molar refractivity (Wildman–Crippen MR) is 74.8 cm³/mol. The first kappa shape index (κ1) is 13.7. The minimum absolute atomic E-state index is 0.211. The molecule has 2 aliphatic rings. The number of carbonyl (C=O) groups is 1. The summed E-state index contributed by atoms with van der Waals surface area (Å²) in [5.41, 5.74) is 1.16. The van der Waals surface area contributed by atoms with Crippen LogP contribution in [0.25, 0.3) is 0 Å². The van der Waals surface area contributed by atoms with Crippen molar-refractivity contribution in [2.45, 2.75) is 44.1 Å². The fraction of sp³-hybridized carbons (Fsp3) is 0.588. The molecule has 0 aliphatic heterocycles. The maximum Gasteiger partial charge on any atom is 0.123 e. The largest absolute Gasteiger partial charge is 0.393 e. The molecule has 2 saturated carbocycles. The highest BCUT2D eigenvalue weighted by Gasteiger charge is 2.46. The summed E-state index contributed by atoms with van der Waals surface area (Å²) in [4.78, 5) is 10.7. The Morgan fingerprint density at radius 1 is 1.20 bits per heavy atom. The van der Waals surface area contributed by atoms with E-state index in [4.69, 9.17) is 0 Å². The topological polar surface area (TPSA) is 37.3 Å². The first-order valence-corrected chi connectivity index (χ1v) is 7.56. The molecule has 2 aliphatic carbocycles. The Hall–Kier alpha value is -1.22. The van der Waals surface area contributed by atoms with E-state index in [1.54, 1.807) is 0 Å². The highest BCUT2D eigenvalue weighted by Crippen LogP contribution is 2.53. The number of rotatable bonds is 4. The second-order valence-electron chi connectivity index (χ2n) is 6.37. The Balaban J connectivity index is 1.86. The molecule has 2 nitrogen and oxygen atoms in total. The van der Waals surface area contributed by atoms with Crippen LogP contribution >= 0.6 is 0 Å². The first-order valence-electron chi connectivity index (χ1n) is 7.56. The van der Waals surface area contributed by atoms with Crippen LogP contribution in [-0.2, 0) is 4.79 Å². The number of benzene rings is 1. The summed E-state index contributed by atoms with van der Waals surface area (Å²) < 4.78 is 13.1. The van der Waals surface area contributed by atoms with Crippen molar-refractivity contribution >= 4 is 6.29 Å². The minimum atomic E-state index is -0.220. The van der Waals surface area contributed by atoms with Crippen molar-refractivity contribution in [1.29, 1.82) is 0 Å². The quantitative estimate of drug-likeness (QED) is 0.857. The smallest absolute Gasteiger partial charge is 0.123 e. The normalized spacial score (nSPS) is 36.0. The van der Waals surface area contributed by atoms with Crippen molar-refractivity contribution in [3.8, 4) is 0 Å². The molecule has 1 aromatic carbocycles. The fourth-order valence-corrected chi connectivity index (χ4v) is 4.41. The summed E-state index contributed by atoms with van der Waals surface area (Å²) in [6.07, 6.45) is 5.17. The molecule has 1 N–H and O–H groups in total. The zero-order chi connectivity index (χ0) is 14.1. The van der Waals surface area contributed by atoms with Crippen LogP contribution in [0.5, 0.6) is 0 Å². The highest BCUT2D eigenvalue weighted by molar-refractivity contribution is 5.49. The molecule has 3 heteroatoms. The molecule has 1 aromatic rings. The van der Waals surface area contributed by atoms with Crippen LogP contribution in [-0.4, -0.2) is 17.5 Å². The second kappa shape index (κ2) is 5.65. The molecule has 0 spiro atoms. The van der Waals surface area contributed by atoms with Gasteiger partial charge in [0.25, 0.3) is 0 Å². The van der Waals surface area contributed by atoms with Crippen LogP contribution in [0, 0.1) is 23.6 Å². The Morgan fingerprint density at radius 3 is 2.65 bits per heavy atom. The van der Waals surface area contributed by atoms with Crippen LogP contribution in [0.2, 0.25) is 0 Å². The molecule has 0 radical (unpaired) electrons. The molecule has 2 fully saturated rings. The molecule has 0 amide bonds. The summed E-state index contributed by atoms with van der Waals surface area (Å²) in [7, 11) is 0. The van der Waals surface area contributed by atoms with Gasteiger partial charge >= 0.3 is 0 Å². The summed E-state index contributed by atoms with van der Waals surface area (Å²) in [6.45, 7) is 0. The van der Waals surface area contributed by atoms with Gasteiger partial charge in [-0.15, -0.1) is 0 Å². The summed E-state index contributed by atoms with van der Waals surface area (Å²) in [5.74, 6) is 1.38. The fourth-order valence-electron chi connectivity index (χ4n) is 4.41. The highest BCUT2D eigenvalue weighted by atomic mass is 19.1. The monoisotopic (exact) mass is 276 g/mol. The summed E-state index contributed by atoms with van der Waals surface area (Å²) in [5, 5.41) is 10.2. The van der Waals surface area contributed by atoms with Crippen molar-refractivity contribution in [2.24, 2.45) is 17.8 Å². The average molecular weight is 276 g/mol. The zero-order valence-corrected chi connectivity index (χ0v) is 11.5. The number of aliphatic hydroxyl groups excluding tert-OH is 1. The van der Waals surface area contributed by atoms with Crippen molar-refractivity contribution < 1.29 is 14.3 Å². The number of carbonyl (C=O) groups excluding carboxylic acids is 1. The van der Waals surface area contributed by atoms with E-state index in [2.05, 4.69) is 0 Å². The number of halogens is 1. The lowest BCUT2D eigenvalue weighted by Gasteiger charge is -2.37. The summed E-state index contributed by atoms with van der Waals surface area (Å²) in [6, 6.07) is 6.76. The molecular weight excluding hydrogens is 255 g/mol. The van der Waals surface area contributed by atoms with Crippen LogP contribution in [0.1, 0.15) is 43.6 Å². The lowest BCUT2D eigenvalue weighted by molar-refractivity contribution is -0.108. The van der Waals surface area contributed by atoms with Gasteiger partial charge in [-0.1, -0.05) is 12.1 Å². The van der Waals surface area contributed by atoms with Gasteiger partial charge in [-0.3, -0.25) is 0 Å². The van der Waals surface area contributed by atoms with Gasteiger partial charge in [0.05, 0.1) is 6.10 Å². The average Bonchev–Trinajstić information content (AvgIpc) is 2.75. The SMILES string of the molecule is O=CCCC1C(c2ccc(F)cc2)CC2CC(O)C1C2. The van der Waals surface area contributed by atoms with Crippen LogP contribution < -0.4 is 0 Å². The van der Waals surface area contributed by atoms with E-state index < -0.39 is 0 Å². The summed E-state index contributed by atoms with van der Waals surface area (Å²) >= 11 is 0. The van der Waals surface area contributed by atoms with Crippen molar-refractivity contribution in [3.05, 3.63) is 35.6 Å². The molecule has 5 unspecified atom stereocenters. The first-order chi connectivity index (χ1) is 9.69. The molecule has 2 bridgehead atoms. The molecule has 108 valence electrons. The van der Waals surface area contributed by atoms with Crippen molar-refractivity contribution in [1.82, 2.24) is 0 Å². The van der Waals surface area contributed by atoms with E-state index in [0.29, 0.717) is 30.1 Å². The Bertz CT molecular complexity index is 470. The molecule has 20 heavy (non-hydrogen) atoms. The van der Waals surface area contributed by atoms with E-state index in [-0.39, 0.29) is 11.9 Å². The van der Waals surface area contributed by atoms with E-state index in [1.807, 2.05) is 12.1 Å². The number of hydrogen-bond donors (Lipinski definition) is 1. The number of aldehydes is 1. The number of hydrogen-bond acceptors (Lipinski definition) is 2. The Labute approximate surface area is 119 Å². The third kappa shape index (κ3) is 2.51. The lowest BCUT2D eigenvalue weighted by atomic mass is 9.67. The molecule has 3 rings (SSSR count). The van der Waals surface area contributed by atoms with Gasteiger partial charge in [-0.05, 0) is 67.1 Å². The van der Waals surface area contributed by atoms with E-state index in [1.165, 1.54) is 12.1 Å². The maximum absolute atomic E-state index is 13.1. The lowest BCUT2D eigenvalue weighted by Crippen LogP contribution is -2.30. The molecule has 5 atom stereocenters. The van der Waals surface area contributed by atoms with Gasteiger partial charge in [0.1, 0.15) is 12.1 Å². The van der Waals surface area contributed by atoms with Gasteiger partial charge in [0.2, 0.25) is 0 Å². The second-order valence-corrected chi connectivity index (χ2v) is 6.37. The third-order valence-electron chi connectivity index (χ3n) is 5.24. The molecule has 0 saturated heterocycles. The van der Waals surface area contributed by atoms with Gasteiger partial charge in [0.15, 0.2) is 0 Å². The number of aliphatic hydroxyl groups is 1. The van der Waals surface area contributed by atoms with Gasteiger partial charge in [0, 0.05) is 6.42 Å². The Morgan fingerprint density at radius 2 is 1.95 bits per heavy atom. The van der Waals surface area contributed by atoms with Gasteiger partial charge in [-0.2, -0.15) is 0 Å². The molecule has 0 aromatic heterocycles. The van der Waals surface area contributed by atoms with Gasteiger partial charge in [-0.25, -0.2) is 4.39 Å². The van der Waals surface area contributed by atoms with Crippen molar-refractivity contribution in [3.63, 3.8) is 0 Å². The van der Waals surface area contributed by atoms with E-state index in [0.717, 1.165) is 37.5 Å². The predicted octanol–water partition coefficient (Wildman–Crippen LogP) is 3.30. The minimum Gasteiger partial charge on any atom is -0.393 e. The molecular formula is C17H21FO2. The third-order valence-corrected chi connectivity index (χ3v) is 5.24.